The fourth-order valence-electron chi connectivity index (χ4n) is 0.108. The van der Waals surface area contributed by atoms with Gasteiger partial charge in [0, 0.05) is 0 Å². The van der Waals surface area contributed by atoms with Crippen LogP contribution in [0.15, 0.2) is 0 Å². The Morgan fingerprint density at radius 2 is 2.33 bits per heavy atom. The Labute approximate surface area is 36.1 Å². The van der Waals surface area contributed by atoms with E-state index in [0.717, 1.165) is 0 Å². The van der Waals surface area contributed by atoms with Crippen LogP contribution >= 0.6 is 0 Å². The maximum Gasteiger partial charge on any atom is 0.108 e. The van der Waals surface area contributed by atoms with E-state index in [-0.39, 0.29) is 6.61 Å². The highest BCUT2D eigenvalue weighted by Gasteiger charge is 1.89. The average Bonchev–Trinajstić information content (AvgIpc) is 1.35. The molecule has 0 unspecified atom stereocenters. The summed E-state index contributed by atoms with van der Waals surface area (Å²) in [6.07, 6.45) is -0.574. The largest absolute Gasteiger partial charge is 0.391 e. The Bertz CT molecular complexity index is 27.2. The molecule has 6 heavy (non-hydrogen) atoms. The summed E-state index contributed by atoms with van der Waals surface area (Å²) in [6.45, 7) is 1.51. The summed E-state index contributed by atoms with van der Waals surface area (Å²) in [6, 6.07) is 0. The number of hydrogen-bond acceptors (Lipinski definition) is 3. The van der Waals surface area contributed by atoms with Crippen molar-refractivity contribution in [3.05, 3.63) is 0 Å². The molecule has 3 heteroatoms. The average molecular weight is 92.1 g/mol. The van der Waals surface area contributed by atoms with E-state index in [1.165, 1.54) is 6.92 Å². The molecule has 0 saturated heterocycles. The molecule has 0 radical (unpaired) electrons. The normalized spacial score (nSPS) is 14.5. The van der Waals surface area contributed by atoms with Gasteiger partial charge in [0.25, 0.3) is 0 Å². The second-order valence-corrected chi connectivity index (χ2v) is 1.14. The number of aliphatic hydroxyl groups is 1. The van der Waals surface area contributed by atoms with Crippen molar-refractivity contribution in [2.24, 2.45) is 0 Å². The summed E-state index contributed by atoms with van der Waals surface area (Å²) >= 11 is 0. The van der Waals surface area contributed by atoms with Gasteiger partial charge in [0.15, 0.2) is 0 Å². The zero-order valence-electron chi connectivity index (χ0n) is 3.59. The molecule has 0 heterocycles. The zero-order chi connectivity index (χ0) is 4.99. The molecular formula is C3H8O3. The minimum Gasteiger partial charge on any atom is -0.391 e. The summed E-state index contributed by atoms with van der Waals surface area (Å²) in [5.74, 6) is 0. The first-order valence-corrected chi connectivity index (χ1v) is 1.72. The standard InChI is InChI=1S/C3H8O3/c1-3(4)2-6-5/h3-5H,2H2,1H3/t3-/m0/s1. The van der Waals surface area contributed by atoms with Crippen molar-refractivity contribution in [3.63, 3.8) is 0 Å². The minimum absolute atomic E-state index is 0.0139. The summed E-state index contributed by atoms with van der Waals surface area (Å²) < 4.78 is 0. The number of hydrogen-bond donors (Lipinski definition) is 2. The zero-order valence-corrected chi connectivity index (χ0v) is 3.59. The molecule has 0 bridgehead atoms. The molecule has 1 atom stereocenters. The SMILES string of the molecule is C[C@H](O)COO. The predicted molar refractivity (Wildman–Crippen MR) is 20.3 cm³/mol. The highest BCUT2D eigenvalue weighted by Crippen LogP contribution is 1.75. The van der Waals surface area contributed by atoms with Crippen LogP contribution in [0.4, 0.5) is 0 Å². The molecule has 38 valence electrons. The van der Waals surface area contributed by atoms with E-state index in [1.807, 2.05) is 0 Å². The molecule has 3 nitrogen and oxygen atoms in total. The van der Waals surface area contributed by atoms with E-state index < -0.39 is 6.10 Å². The summed E-state index contributed by atoms with van der Waals surface area (Å²) in [5.41, 5.74) is 0. The third-order valence-corrected chi connectivity index (χ3v) is 0.316. The Kier molecular flexibility index (Phi) is 3.02. The lowest BCUT2D eigenvalue weighted by Gasteiger charge is -1.95. The molecule has 0 aromatic rings. The molecule has 0 aliphatic rings. The minimum atomic E-state index is -0.574. The van der Waals surface area contributed by atoms with Gasteiger partial charge in [-0.2, -0.15) is 0 Å². The molecule has 0 rings (SSSR count). The maximum atomic E-state index is 8.27. The van der Waals surface area contributed by atoms with Crippen LogP contribution in [-0.4, -0.2) is 23.1 Å². The van der Waals surface area contributed by atoms with Crippen LogP contribution < -0.4 is 0 Å². The van der Waals surface area contributed by atoms with Crippen molar-refractivity contribution in [1.82, 2.24) is 0 Å². The highest BCUT2D eigenvalue weighted by molar-refractivity contribution is 4.35. The molecule has 0 spiro atoms. The second kappa shape index (κ2) is 3.08. The van der Waals surface area contributed by atoms with Crippen molar-refractivity contribution in [2.75, 3.05) is 6.61 Å². The van der Waals surface area contributed by atoms with Crippen molar-refractivity contribution >= 4 is 0 Å². The van der Waals surface area contributed by atoms with Crippen molar-refractivity contribution in [2.45, 2.75) is 13.0 Å². The van der Waals surface area contributed by atoms with E-state index in [0.29, 0.717) is 0 Å². The fraction of sp³-hybridized carbons (Fsp3) is 1.00. The Morgan fingerprint density at radius 1 is 1.83 bits per heavy atom. The first-order chi connectivity index (χ1) is 2.77. The molecule has 0 aliphatic heterocycles. The molecular weight excluding hydrogens is 84.0 g/mol. The second-order valence-electron chi connectivity index (χ2n) is 1.14. The molecule has 0 amide bonds. The molecule has 0 saturated carbocycles. The van der Waals surface area contributed by atoms with Gasteiger partial charge in [0.05, 0.1) is 6.10 Å². The van der Waals surface area contributed by atoms with Gasteiger partial charge in [-0.05, 0) is 6.92 Å². The third-order valence-electron chi connectivity index (χ3n) is 0.316. The van der Waals surface area contributed by atoms with Crippen molar-refractivity contribution in [1.29, 1.82) is 0 Å². The van der Waals surface area contributed by atoms with Gasteiger partial charge in [-0.1, -0.05) is 0 Å². The van der Waals surface area contributed by atoms with Crippen LogP contribution in [0.25, 0.3) is 0 Å². The quantitative estimate of drug-likeness (QED) is 0.368. The van der Waals surface area contributed by atoms with Gasteiger partial charge in [-0.25, -0.2) is 4.89 Å². The van der Waals surface area contributed by atoms with Crippen molar-refractivity contribution in [3.8, 4) is 0 Å². The van der Waals surface area contributed by atoms with Crippen molar-refractivity contribution < 1.29 is 15.3 Å². The number of rotatable bonds is 2. The van der Waals surface area contributed by atoms with E-state index in [9.17, 15) is 0 Å². The maximum absolute atomic E-state index is 8.27. The van der Waals surface area contributed by atoms with Crippen LogP contribution in [0.3, 0.4) is 0 Å². The lowest BCUT2D eigenvalue weighted by Crippen LogP contribution is -2.07. The molecule has 0 aliphatic carbocycles. The van der Waals surface area contributed by atoms with Gasteiger partial charge >= 0.3 is 0 Å². The molecule has 0 aromatic carbocycles. The van der Waals surface area contributed by atoms with Crippen LogP contribution in [0.5, 0.6) is 0 Å². The van der Waals surface area contributed by atoms with Gasteiger partial charge in [-0.3, -0.25) is 5.26 Å². The Hall–Kier alpha value is -0.120. The van der Waals surface area contributed by atoms with Crippen LogP contribution in [0, 0.1) is 0 Å². The molecule has 0 aromatic heterocycles. The van der Waals surface area contributed by atoms with Crippen LogP contribution in [0.1, 0.15) is 6.92 Å². The lowest BCUT2D eigenvalue weighted by molar-refractivity contribution is -0.255. The number of aliphatic hydroxyl groups excluding tert-OH is 1. The first kappa shape index (κ1) is 5.88. The van der Waals surface area contributed by atoms with Gasteiger partial charge in [-0.15, -0.1) is 0 Å². The monoisotopic (exact) mass is 92.0 g/mol. The molecule has 0 fully saturated rings. The predicted octanol–water partition coefficient (Wildman–Crippen LogP) is -0.143. The molecule has 2 N–H and O–H groups in total. The Morgan fingerprint density at radius 3 is 2.33 bits per heavy atom. The summed E-state index contributed by atoms with van der Waals surface area (Å²) in [4.78, 5) is 3.55. The third kappa shape index (κ3) is 3.88. The fourth-order valence-corrected chi connectivity index (χ4v) is 0.108. The smallest absolute Gasteiger partial charge is 0.108 e. The van der Waals surface area contributed by atoms with Gasteiger partial charge in [0.1, 0.15) is 6.61 Å². The van der Waals surface area contributed by atoms with E-state index in [4.69, 9.17) is 10.4 Å². The van der Waals surface area contributed by atoms with E-state index in [1.54, 1.807) is 0 Å². The topological polar surface area (TPSA) is 49.7 Å². The summed E-state index contributed by atoms with van der Waals surface area (Å²) in [7, 11) is 0. The van der Waals surface area contributed by atoms with E-state index in [2.05, 4.69) is 4.89 Å². The van der Waals surface area contributed by atoms with Crippen LogP contribution in [0.2, 0.25) is 0 Å². The van der Waals surface area contributed by atoms with Crippen LogP contribution in [-0.2, 0) is 4.89 Å². The van der Waals surface area contributed by atoms with E-state index >= 15 is 0 Å². The van der Waals surface area contributed by atoms with Gasteiger partial charge in [0.2, 0.25) is 0 Å². The first-order valence-electron chi connectivity index (χ1n) is 1.72. The van der Waals surface area contributed by atoms with Gasteiger partial charge < -0.3 is 5.11 Å². The lowest BCUT2D eigenvalue weighted by atomic mass is 10.5. The Balaban J connectivity index is 2.63. The summed E-state index contributed by atoms with van der Waals surface area (Å²) in [5, 5.41) is 15.8. The highest BCUT2D eigenvalue weighted by atomic mass is 17.1.